The van der Waals surface area contributed by atoms with Gasteiger partial charge in [0.15, 0.2) is 0 Å². The van der Waals surface area contributed by atoms with E-state index in [4.69, 9.17) is 5.73 Å². The predicted octanol–water partition coefficient (Wildman–Crippen LogP) is 1.95. The molecule has 1 aromatic rings. The molecular formula is C16H24FN3. The van der Waals surface area contributed by atoms with Gasteiger partial charge in [0, 0.05) is 32.2 Å². The first-order valence-electron chi connectivity index (χ1n) is 7.70. The van der Waals surface area contributed by atoms with E-state index in [0.29, 0.717) is 6.54 Å². The van der Waals surface area contributed by atoms with E-state index in [1.54, 1.807) is 12.1 Å². The van der Waals surface area contributed by atoms with Crippen molar-refractivity contribution in [1.82, 2.24) is 9.80 Å². The van der Waals surface area contributed by atoms with Crippen LogP contribution in [-0.4, -0.2) is 42.0 Å². The van der Waals surface area contributed by atoms with Gasteiger partial charge in [0.2, 0.25) is 0 Å². The monoisotopic (exact) mass is 277 g/mol. The summed E-state index contributed by atoms with van der Waals surface area (Å²) in [5.41, 5.74) is 7.84. The zero-order valence-corrected chi connectivity index (χ0v) is 12.0. The number of likely N-dealkylation sites (tertiary alicyclic amines) is 2. The lowest BCUT2D eigenvalue weighted by atomic mass is 10.1. The third-order valence-electron chi connectivity index (χ3n) is 4.69. The minimum Gasteiger partial charge on any atom is -0.326 e. The predicted molar refractivity (Wildman–Crippen MR) is 78.8 cm³/mol. The van der Waals surface area contributed by atoms with Crippen LogP contribution in [0.1, 0.15) is 30.4 Å². The normalized spacial score (nSPS) is 24.6. The Kier molecular flexibility index (Phi) is 4.34. The number of rotatable bonds is 4. The van der Waals surface area contributed by atoms with Crippen molar-refractivity contribution in [1.29, 1.82) is 0 Å². The average Bonchev–Trinajstić information content (AvgIpc) is 3.11. The van der Waals surface area contributed by atoms with E-state index >= 15 is 0 Å². The summed E-state index contributed by atoms with van der Waals surface area (Å²) >= 11 is 0. The largest absolute Gasteiger partial charge is 0.326 e. The Morgan fingerprint density at radius 2 is 1.95 bits per heavy atom. The molecule has 0 saturated carbocycles. The van der Waals surface area contributed by atoms with Crippen LogP contribution < -0.4 is 5.73 Å². The van der Waals surface area contributed by atoms with E-state index in [-0.39, 0.29) is 5.82 Å². The second-order valence-electron chi connectivity index (χ2n) is 6.04. The summed E-state index contributed by atoms with van der Waals surface area (Å²) in [4.78, 5) is 5.11. The maximum absolute atomic E-state index is 13.2. The van der Waals surface area contributed by atoms with Gasteiger partial charge in [-0.3, -0.25) is 9.80 Å². The van der Waals surface area contributed by atoms with Gasteiger partial charge >= 0.3 is 0 Å². The summed E-state index contributed by atoms with van der Waals surface area (Å²) in [7, 11) is 0. The fourth-order valence-electron chi connectivity index (χ4n) is 3.54. The Hall–Kier alpha value is -0.970. The lowest BCUT2D eigenvalue weighted by Gasteiger charge is -2.24. The number of hydrogen-bond donors (Lipinski definition) is 1. The van der Waals surface area contributed by atoms with E-state index < -0.39 is 0 Å². The van der Waals surface area contributed by atoms with Crippen LogP contribution in [0.25, 0.3) is 0 Å². The molecule has 2 fully saturated rings. The molecule has 3 nitrogen and oxygen atoms in total. The second kappa shape index (κ2) is 6.20. The zero-order chi connectivity index (χ0) is 13.9. The lowest BCUT2D eigenvalue weighted by molar-refractivity contribution is 0.229. The highest BCUT2D eigenvalue weighted by molar-refractivity contribution is 5.27. The van der Waals surface area contributed by atoms with E-state index in [1.807, 2.05) is 6.07 Å². The van der Waals surface area contributed by atoms with Crippen LogP contribution >= 0.6 is 0 Å². The Bertz CT molecular complexity index is 457. The van der Waals surface area contributed by atoms with Gasteiger partial charge in [0.05, 0.1) is 0 Å². The van der Waals surface area contributed by atoms with Crippen LogP contribution in [0.4, 0.5) is 4.39 Å². The first-order chi connectivity index (χ1) is 9.76. The summed E-state index contributed by atoms with van der Waals surface area (Å²) in [6.45, 7) is 6.13. The molecule has 2 saturated heterocycles. The second-order valence-corrected chi connectivity index (χ2v) is 6.04. The van der Waals surface area contributed by atoms with Crippen molar-refractivity contribution in [2.75, 3.05) is 26.2 Å². The van der Waals surface area contributed by atoms with Gasteiger partial charge in [0.1, 0.15) is 5.82 Å². The van der Waals surface area contributed by atoms with Crippen LogP contribution in [0, 0.1) is 5.82 Å². The Morgan fingerprint density at radius 1 is 1.15 bits per heavy atom. The topological polar surface area (TPSA) is 32.5 Å². The molecule has 0 aliphatic carbocycles. The highest BCUT2D eigenvalue weighted by Gasteiger charge is 2.29. The summed E-state index contributed by atoms with van der Waals surface area (Å²) < 4.78 is 13.2. The zero-order valence-electron chi connectivity index (χ0n) is 12.0. The molecule has 4 heteroatoms. The van der Waals surface area contributed by atoms with E-state index in [1.165, 1.54) is 37.9 Å². The van der Waals surface area contributed by atoms with Crippen molar-refractivity contribution < 1.29 is 4.39 Å². The fourth-order valence-corrected chi connectivity index (χ4v) is 3.54. The molecule has 0 amide bonds. The van der Waals surface area contributed by atoms with Crippen molar-refractivity contribution >= 4 is 0 Å². The Labute approximate surface area is 120 Å². The summed E-state index contributed by atoms with van der Waals surface area (Å²) in [5.74, 6) is -0.189. The molecule has 0 radical (unpaired) electrons. The summed E-state index contributed by atoms with van der Waals surface area (Å²) in [6, 6.07) is 5.73. The van der Waals surface area contributed by atoms with Gasteiger partial charge in [-0.25, -0.2) is 4.39 Å². The van der Waals surface area contributed by atoms with Crippen molar-refractivity contribution in [3.63, 3.8) is 0 Å². The van der Waals surface area contributed by atoms with E-state index in [0.717, 1.165) is 31.2 Å². The third kappa shape index (κ3) is 3.03. The highest BCUT2D eigenvalue weighted by Crippen LogP contribution is 2.23. The minimum atomic E-state index is -0.189. The molecule has 0 spiro atoms. The average molecular weight is 277 g/mol. The number of halogens is 1. The molecule has 20 heavy (non-hydrogen) atoms. The molecule has 0 bridgehead atoms. The summed E-state index contributed by atoms with van der Waals surface area (Å²) in [5, 5.41) is 0. The molecule has 2 N–H and O–H groups in total. The number of hydrogen-bond acceptors (Lipinski definition) is 3. The minimum absolute atomic E-state index is 0.189. The van der Waals surface area contributed by atoms with Crippen LogP contribution in [-0.2, 0) is 13.1 Å². The van der Waals surface area contributed by atoms with Crippen LogP contribution in [0.3, 0.4) is 0 Å². The molecular weight excluding hydrogens is 253 g/mol. The standard InChI is InChI=1S/C16H24FN3/c17-15-4-3-13(14(9-15)10-18)11-19-8-5-16(12-19)20-6-1-2-7-20/h3-4,9,16H,1-2,5-8,10-12,18H2. The molecule has 110 valence electrons. The lowest BCUT2D eigenvalue weighted by Crippen LogP contribution is -2.35. The van der Waals surface area contributed by atoms with Crippen LogP contribution in [0.5, 0.6) is 0 Å². The molecule has 1 atom stereocenters. The number of benzene rings is 1. The van der Waals surface area contributed by atoms with Crippen molar-refractivity contribution in [2.24, 2.45) is 5.73 Å². The highest BCUT2D eigenvalue weighted by atomic mass is 19.1. The molecule has 1 aromatic carbocycles. The molecule has 2 heterocycles. The SMILES string of the molecule is NCc1cc(F)ccc1CN1CCC(N2CCCC2)C1. The van der Waals surface area contributed by atoms with Crippen LogP contribution in [0.2, 0.25) is 0 Å². The molecule has 2 aliphatic rings. The summed E-state index contributed by atoms with van der Waals surface area (Å²) in [6.07, 6.45) is 3.97. The van der Waals surface area contributed by atoms with E-state index in [2.05, 4.69) is 9.80 Å². The quantitative estimate of drug-likeness (QED) is 0.913. The number of nitrogens with zero attached hydrogens (tertiary/aromatic N) is 2. The maximum Gasteiger partial charge on any atom is 0.123 e. The van der Waals surface area contributed by atoms with Gasteiger partial charge < -0.3 is 5.73 Å². The van der Waals surface area contributed by atoms with Gasteiger partial charge in [-0.1, -0.05) is 6.07 Å². The van der Waals surface area contributed by atoms with Crippen molar-refractivity contribution in [3.8, 4) is 0 Å². The van der Waals surface area contributed by atoms with Gasteiger partial charge in [-0.2, -0.15) is 0 Å². The first-order valence-corrected chi connectivity index (χ1v) is 7.70. The Balaban J connectivity index is 1.61. The molecule has 2 aliphatic heterocycles. The van der Waals surface area contributed by atoms with Crippen molar-refractivity contribution in [3.05, 3.63) is 35.1 Å². The Morgan fingerprint density at radius 3 is 2.70 bits per heavy atom. The maximum atomic E-state index is 13.2. The molecule has 3 rings (SSSR count). The molecule has 1 unspecified atom stereocenters. The number of nitrogens with two attached hydrogens (primary N) is 1. The van der Waals surface area contributed by atoms with Crippen LogP contribution in [0.15, 0.2) is 18.2 Å². The fraction of sp³-hybridized carbons (Fsp3) is 0.625. The van der Waals surface area contributed by atoms with Gasteiger partial charge in [-0.15, -0.1) is 0 Å². The van der Waals surface area contributed by atoms with Gasteiger partial charge in [-0.05, 0) is 55.6 Å². The molecule has 0 aromatic heterocycles. The van der Waals surface area contributed by atoms with Gasteiger partial charge in [0.25, 0.3) is 0 Å². The van der Waals surface area contributed by atoms with Crippen molar-refractivity contribution in [2.45, 2.75) is 38.4 Å². The van der Waals surface area contributed by atoms with E-state index in [9.17, 15) is 4.39 Å². The first kappa shape index (κ1) is 14.0. The smallest absolute Gasteiger partial charge is 0.123 e. The third-order valence-corrected chi connectivity index (χ3v) is 4.69.